The minimum Gasteiger partial charge on any atom is -0.509 e. The van der Waals surface area contributed by atoms with Gasteiger partial charge in [0.25, 0.3) is 0 Å². The molecule has 1 aliphatic rings. The second-order valence-corrected chi connectivity index (χ2v) is 23.4. The third-order valence-electron chi connectivity index (χ3n) is 15.8. The van der Waals surface area contributed by atoms with E-state index in [9.17, 15) is 0 Å². The number of aromatic nitrogens is 2. The summed E-state index contributed by atoms with van der Waals surface area (Å²) in [4.78, 5) is 9.66. The van der Waals surface area contributed by atoms with Crippen LogP contribution in [0.5, 0.6) is 11.5 Å². The standard InChI is InChI=1S/C72H69N4O.Pt/c1-48(2)60-34-24-35-61(49(3)4)68(60)51-39-57(74-46-66(50-25-15-12-16-26-50)75(47-74)56-32-23-31-54(41-56)70(5,6)7)43-58(40-51)77-59-44-63(72(10,11)53-29-19-14-20-30-53)69-62-33-21-22-36-64(62)76(65(69)45-59)67-42-55(37-38-73-67)71(8,9)52-27-17-13-18-28-52;/h12-42,44,46-49H,1-11H3;/q-3;. The molecule has 0 fully saturated rings. The van der Waals surface area contributed by atoms with Crippen LogP contribution in [0.15, 0.2) is 200 Å². The molecular weight excluding hydrogens is 1130 g/mol. The number of para-hydroxylation sites is 1. The van der Waals surface area contributed by atoms with E-state index in [0.717, 1.165) is 61.4 Å². The molecule has 0 saturated carbocycles. The summed E-state index contributed by atoms with van der Waals surface area (Å²) in [7, 11) is 0. The van der Waals surface area contributed by atoms with E-state index in [1.54, 1.807) is 0 Å². The normalized spacial score (nSPS) is 13.2. The monoisotopic (exact) mass is 1200 g/mol. The maximum atomic E-state index is 7.40. The van der Waals surface area contributed by atoms with Gasteiger partial charge < -0.3 is 19.1 Å². The first kappa shape index (κ1) is 53.9. The van der Waals surface area contributed by atoms with Gasteiger partial charge in [-0.05, 0) is 109 Å². The molecule has 78 heavy (non-hydrogen) atoms. The van der Waals surface area contributed by atoms with E-state index in [0.29, 0.717) is 11.5 Å². The molecule has 2 aromatic heterocycles. The first-order chi connectivity index (χ1) is 37.0. The van der Waals surface area contributed by atoms with Gasteiger partial charge in [-0.25, -0.2) is 4.98 Å². The molecule has 0 amide bonds. The van der Waals surface area contributed by atoms with Crippen LogP contribution in [-0.4, -0.2) is 9.55 Å². The fourth-order valence-corrected chi connectivity index (χ4v) is 11.3. The van der Waals surface area contributed by atoms with Gasteiger partial charge in [0.05, 0.1) is 0 Å². The Kier molecular flexibility index (Phi) is 14.8. The van der Waals surface area contributed by atoms with Gasteiger partial charge in [0.15, 0.2) is 0 Å². The third kappa shape index (κ3) is 10.1. The fraction of sp³-hybridized carbons (Fsp3) is 0.222. The number of fused-ring (bicyclic) bond motifs is 3. The summed E-state index contributed by atoms with van der Waals surface area (Å²) in [5.74, 6) is 2.56. The number of hydrogen-bond donors (Lipinski definition) is 0. The van der Waals surface area contributed by atoms with E-state index in [1.807, 2.05) is 6.20 Å². The Morgan fingerprint density at radius 3 is 1.78 bits per heavy atom. The molecule has 0 atom stereocenters. The number of rotatable bonds is 13. The van der Waals surface area contributed by atoms with Crippen molar-refractivity contribution in [1.82, 2.24) is 9.55 Å². The molecule has 0 radical (unpaired) electrons. The SMILES string of the molecule is CC(C)c1cccc(C(C)C)c1-c1cc(Oc2[c-]c3c(c(C(C)(C)c4ccccc4)c2)c2ccccc2n3-c2cc(C(C)(C)c3ccccc3)ccn2)[c-]c(N2C=C(c3ccccc3)N(c3cccc(C(C)(C)C)c3)[CH-]2)c1.[Pt]. The van der Waals surface area contributed by atoms with Crippen molar-refractivity contribution in [2.24, 2.45) is 0 Å². The molecule has 0 saturated heterocycles. The minimum atomic E-state index is -0.456. The van der Waals surface area contributed by atoms with E-state index < -0.39 is 5.41 Å². The quantitative estimate of drug-likeness (QED) is 0.108. The second kappa shape index (κ2) is 21.4. The molecule has 5 nitrogen and oxygen atoms in total. The van der Waals surface area contributed by atoms with Gasteiger partial charge >= 0.3 is 0 Å². The van der Waals surface area contributed by atoms with Crippen molar-refractivity contribution in [1.29, 1.82) is 0 Å². The molecule has 0 N–H and O–H groups in total. The number of ether oxygens (including phenoxy) is 1. The van der Waals surface area contributed by atoms with Gasteiger partial charge in [-0.1, -0.05) is 227 Å². The predicted octanol–water partition coefficient (Wildman–Crippen LogP) is 18.9. The third-order valence-corrected chi connectivity index (χ3v) is 15.8. The van der Waals surface area contributed by atoms with E-state index >= 15 is 0 Å². The predicted molar refractivity (Wildman–Crippen MR) is 322 cm³/mol. The maximum absolute atomic E-state index is 7.40. The van der Waals surface area contributed by atoms with Crippen LogP contribution in [0.2, 0.25) is 0 Å². The smallest absolute Gasteiger partial charge is 0.135 e. The van der Waals surface area contributed by atoms with Gasteiger partial charge in [-0.3, -0.25) is 0 Å². The topological polar surface area (TPSA) is 33.5 Å². The summed E-state index contributed by atoms with van der Waals surface area (Å²) in [5, 5.41) is 2.24. The first-order valence-corrected chi connectivity index (χ1v) is 27.2. The molecule has 0 aliphatic carbocycles. The van der Waals surface area contributed by atoms with Crippen LogP contribution >= 0.6 is 0 Å². The Balaban J connectivity index is 0.00000688. The Hall–Kier alpha value is -7.46. The van der Waals surface area contributed by atoms with Crippen LogP contribution in [0.1, 0.15) is 133 Å². The fourth-order valence-electron chi connectivity index (χ4n) is 11.3. The van der Waals surface area contributed by atoms with Gasteiger partial charge in [0.1, 0.15) is 5.82 Å². The van der Waals surface area contributed by atoms with Crippen LogP contribution in [0.25, 0.3) is 44.4 Å². The van der Waals surface area contributed by atoms with Gasteiger partial charge in [-0.2, -0.15) is 0 Å². The minimum absolute atomic E-state index is 0. The Bertz CT molecular complexity index is 3780. The van der Waals surface area contributed by atoms with Crippen LogP contribution < -0.4 is 14.5 Å². The number of nitrogens with zero attached hydrogens (tertiary/aromatic N) is 4. The average molecular weight is 1200 g/mol. The van der Waals surface area contributed by atoms with Crippen molar-refractivity contribution >= 4 is 38.9 Å². The second-order valence-electron chi connectivity index (χ2n) is 23.4. The van der Waals surface area contributed by atoms with E-state index in [-0.39, 0.29) is 43.7 Å². The maximum Gasteiger partial charge on any atom is 0.135 e. The summed E-state index contributed by atoms with van der Waals surface area (Å²) in [6.07, 6.45) is 4.18. The van der Waals surface area contributed by atoms with Crippen molar-refractivity contribution in [3.8, 4) is 28.4 Å². The summed E-state index contributed by atoms with van der Waals surface area (Å²) in [6, 6.07) is 75.4. The largest absolute Gasteiger partial charge is 0.509 e. The van der Waals surface area contributed by atoms with E-state index in [2.05, 4.69) is 304 Å². The van der Waals surface area contributed by atoms with E-state index in [1.165, 1.54) is 38.9 Å². The summed E-state index contributed by atoms with van der Waals surface area (Å²) in [5.41, 5.74) is 16.2. The van der Waals surface area contributed by atoms with Crippen molar-refractivity contribution in [2.75, 3.05) is 9.80 Å². The Labute approximate surface area is 477 Å². The zero-order valence-corrected chi connectivity index (χ0v) is 49.1. The van der Waals surface area contributed by atoms with Gasteiger partial charge in [0, 0.05) is 61.1 Å². The van der Waals surface area contributed by atoms with E-state index in [4.69, 9.17) is 9.72 Å². The molecule has 10 aromatic rings. The zero-order chi connectivity index (χ0) is 53.8. The van der Waals surface area contributed by atoms with Crippen LogP contribution in [0.3, 0.4) is 0 Å². The molecule has 1 aliphatic heterocycles. The number of anilines is 2. The number of hydrogen-bond acceptors (Lipinski definition) is 4. The average Bonchev–Trinajstić information content (AvgIpc) is 3.97. The van der Waals surface area contributed by atoms with Crippen molar-refractivity contribution in [3.05, 3.63) is 264 Å². The van der Waals surface area contributed by atoms with Crippen molar-refractivity contribution in [3.63, 3.8) is 0 Å². The van der Waals surface area contributed by atoms with Gasteiger partial charge in [0.2, 0.25) is 0 Å². The molecule has 8 aromatic carbocycles. The van der Waals surface area contributed by atoms with Crippen LogP contribution in [-0.2, 0) is 37.3 Å². The summed E-state index contributed by atoms with van der Waals surface area (Å²) >= 11 is 0. The molecule has 0 unspecified atom stereocenters. The number of benzene rings is 8. The first-order valence-electron chi connectivity index (χ1n) is 27.2. The number of pyridine rings is 1. The van der Waals surface area contributed by atoms with Crippen molar-refractivity contribution < 1.29 is 25.8 Å². The Morgan fingerprint density at radius 1 is 0.538 bits per heavy atom. The van der Waals surface area contributed by atoms with Gasteiger partial charge in [-0.15, -0.1) is 53.8 Å². The molecule has 0 bridgehead atoms. The molecule has 11 rings (SSSR count). The zero-order valence-electron chi connectivity index (χ0n) is 46.8. The summed E-state index contributed by atoms with van der Waals surface area (Å²) in [6.45, 7) is 27.4. The molecular formula is C72H69N4OPt-3. The van der Waals surface area contributed by atoms with Crippen molar-refractivity contribution in [2.45, 2.75) is 104 Å². The molecule has 6 heteroatoms. The molecule has 396 valence electrons. The molecule has 3 heterocycles. The van der Waals surface area contributed by atoms with Crippen LogP contribution in [0, 0.1) is 18.8 Å². The van der Waals surface area contributed by atoms with Crippen LogP contribution in [0.4, 0.5) is 11.4 Å². The molecule has 0 spiro atoms. The Morgan fingerprint density at radius 2 is 1.13 bits per heavy atom. The summed E-state index contributed by atoms with van der Waals surface area (Å²) < 4.78 is 9.68.